The second-order valence-electron chi connectivity index (χ2n) is 4.85. The van der Waals surface area contributed by atoms with E-state index in [9.17, 15) is 5.11 Å². The van der Waals surface area contributed by atoms with Gasteiger partial charge in [0.1, 0.15) is 11.5 Å². The Kier molecular flexibility index (Phi) is 4.99. The molecule has 1 rings (SSSR count). The molecule has 0 unspecified atom stereocenters. The third-order valence-electron chi connectivity index (χ3n) is 2.95. The topological polar surface area (TPSA) is 47.9 Å². The van der Waals surface area contributed by atoms with Gasteiger partial charge in [-0.3, -0.25) is 0 Å². The predicted molar refractivity (Wildman–Crippen MR) is 70.4 cm³/mol. The van der Waals surface area contributed by atoms with Crippen LogP contribution in [0.25, 0.3) is 0 Å². The van der Waals surface area contributed by atoms with E-state index in [-0.39, 0.29) is 6.61 Å². The van der Waals surface area contributed by atoms with Crippen LogP contribution < -0.4 is 9.47 Å². The van der Waals surface area contributed by atoms with E-state index in [0.717, 1.165) is 11.1 Å². The Labute approximate surface area is 108 Å². The highest BCUT2D eigenvalue weighted by atomic mass is 16.5. The average molecular weight is 254 g/mol. The molecule has 0 saturated carbocycles. The van der Waals surface area contributed by atoms with Crippen LogP contribution in [0.2, 0.25) is 0 Å². The molecule has 1 N–H and O–H groups in total. The van der Waals surface area contributed by atoms with Gasteiger partial charge >= 0.3 is 0 Å². The lowest BCUT2D eigenvalue weighted by Gasteiger charge is -2.27. The average Bonchev–Trinajstić information content (AvgIpc) is 2.37. The number of aliphatic hydroxyl groups is 1. The summed E-state index contributed by atoms with van der Waals surface area (Å²) in [6.45, 7) is 4.41. The first kappa shape index (κ1) is 14.8. The lowest BCUT2D eigenvalue weighted by atomic mass is 9.83. The van der Waals surface area contributed by atoms with Crippen molar-refractivity contribution in [1.29, 1.82) is 0 Å². The first-order chi connectivity index (χ1) is 8.50. The van der Waals surface area contributed by atoms with Crippen molar-refractivity contribution in [3.8, 4) is 11.5 Å². The Morgan fingerprint density at radius 3 is 1.89 bits per heavy atom. The molecular weight excluding hydrogens is 232 g/mol. The molecule has 102 valence electrons. The van der Waals surface area contributed by atoms with Crippen molar-refractivity contribution in [3.63, 3.8) is 0 Å². The Morgan fingerprint density at radius 2 is 1.56 bits per heavy atom. The number of hydrogen-bond donors (Lipinski definition) is 1. The molecule has 0 aliphatic heterocycles. The van der Waals surface area contributed by atoms with Crippen LogP contribution in [0.15, 0.2) is 12.1 Å². The van der Waals surface area contributed by atoms with E-state index < -0.39 is 5.41 Å². The maximum atomic E-state index is 9.52. The molecule has 0 saturated heterocycles. The summed E-state index contributed by atoms with van der Waals surface area (Å²) in [7, 11) is 4.87. The minimum atomic E-state index is -0.428. The lowest BCUT2D eigenvalue weighted by molar-refractivity contribution is 0.183. The van der Waals surface area contributed by atoms with Crippen molar-refractivity contribution in [2.75, 3.05) is 27.9 Å². The molecule has 4 heteroatoms. The number of methoxy groups -OCH3 is 3. The first-order valence-electron chi connectivity index (χ1n) is 5.85. The fraction of sp³-hybridized carbons (Fsp3) is 0.571. The minimum Gasteiger partial charge on any atom is -0.496 e. The summed E-state index contributed by atoms with van der Waals surface area (Å²) in [5.41, 5.74) is 1.42. The Balaban J connectivity index is 3.39. The van der Waals surface area contributed by atoms with Gasteiger partial charge in [0.15, 0.2) is 0 Å². The smallest absolute Gasteiger partial charge is 0.126 e. The number of hydrogen-bond acceptors (Lipinski definition) is 4. The lowest BCUT2D eigenvalue weighted by Crippen LogP contribution is -2.24. The van der Waals surface area contributed by atoms with Gasteiger partial charge in [0.05, 0.1) is 27.4 Å². The Bertz CT molecular complexity index is 374. The van der Waals surface area contributed by atoms with Crippen molar-refractivity contribution in [2.24, 2.45) is 0 Å². The van der Waals surface area contributed by atoms with Gasteiger partial charge < -0.3 is 19.3 Å². The van der Waals surface area contributed by atoms with E-state index in [2.05, 4.69) is 0 Å². The number of aliphatic hydroxyl groups excluding tert-OH is 1. The van der Waals surface area contributed by atoms with E-state index in [4.69, 9.17) is 14.2 Å². The van der Waals surface area contributed by atoms with Gasteiger partial charge in [0.2, 0.25) is 0 Å². The van der Waals surface area contributed by atoms with Crippen LogP contribution in [0.1, 0.15) is 25.0 Å². The fourth-order valence-corrected chi connectivity index (χ4v) is 1.96. The van der Waals surface area contributed by atoms with Gasteiger partial charge in [-0.15, -0.1) is 0 Å². The van der Waals surface area contributed by atoms with Crippen LogP contribution in [0.4, 0.5) is 0 Å². The highest BCUT2D eigenvalue weighted by Crippen LogP contribution is 2.39. The van der Waals surface area contributed by atoms with E-state index in [1.165, 1.54) is 0 Å². The Morgan fingerprint density at radius 1 is 1.06 bits per heavy atom. The maximum Gasteiger partial charge on any atom is 0.126 e. The molecule has 1 aromatic rings. The largest absolute Gasteiger partial charge is 0.496 e. The summed E-state index contributed by atoms with van der Waals surface area (Å²) in [6, 6.07) is 3.83. The van der Waals surface area contributed by atoms with Crippen molar-refractivity contribution in [2.45, 2.75) is 25.9 Å². The van der Waals surface area contributed by atoms with Crippen LogP contribution in [0.3, 0.4) is 0 Å². The van der Waals surface area contributed by atoms with Crippen LogP contribution in [0, 0.1) is 0 Å². The van der Waals surface area contributed by atoms with Crippen LogP contribution >= 0.6 is 0 Å². The highest BCUT2D eigenvalue weighted by molar-refractivity contribution is 5.52. The van der Waals surface area contributed by atoms with E-state index in [1.807, 2.05) is 26.0 Å². The molecule has 1 aromatic carbocycles. The number of rotatable bonds is 6. The zero-order chi connectivity index (χ0) is 13.8. The predicted octanol–water partition coefficient (Wildman–Crippen LogP) is 2.12. The summed E-state index contributed by atoms with van der Waals surface area (Å²) in [6.07, 6.45) is 0. The second kappa shape index (κ2) is 6.07. The molecule has 0 radical (unpaired) electrons. The van der Waals surface area contributed by atoms with Crippen molar-refractivity contribution in [1.82, 2.24) is 0 Å². The van der Waals surface area contributed by atoms with Crippen molar-refractivity contribution in [3.05, 3.63) is 23.3 Å². The quantitative estimate of drug-likeness (QED) is 0.844. The summed E-state index contributed by atoms with van der Waals surface area (Å²) >= 11 is 0. The molecule has 0 bridgehead atoms. The molecule has 0 fully saturated rings. The summed E-state index contributed by atoms with van der Waals surface area (Å²) < 4.78 is 16.0. The standard InChI is InChI=1S/C14H22O4/c1-14(2,9-15)13-11(17-4)6-10(8-16-3)7-12(13)18-5/h6-7,15H,8-9H2,1-5H3. The normalized spacial score (nSPS) is 11.4. The molecule has 0 amide bonds. The van der Waals surface area contributed by atoms with E-state index in [0.29, 0.717) is 18.1 Å². The van der Waals surface area contributed by atoms with Crippen LogP contribution in [-0.4, -0.2) is 33.0 Å². The highest BCUT2D eigenvalue weighted by Gasteiger charge is 2.28. The molecule has 0 aliphatic carbocycles. The van der Waals surface area contributed by atoms with Crippen LogP contribution in [0.5, 0.6) is 11.5 Å². The van der Waals surface area contributed by atoms with Gasteiger partial charge in [-0.1, -0.05) is 13.8 Å². The van der Waals surface area contributed by atoms with Crippen molar-refractivity contribution < 1.29 is 19.3 Å². The molecule has 0 aliphatic rings. The molecule has 0 atom stereocenters. The van der Waals surface area contributed by atoms with Gasteiger partial charge in [0.25, 0.3) is 0 Å². The SMILES string of the molecule is COCc1cc(OC)c(C(C)(C)CO)c(OC)c1. The summed E-state index contributed by atoms with van der Waals surface area (Å²) in [5.74, 6) is 1.42. The molecule has 0 spiro atoms. The molecule has 0 heterocycles. The van der Waals surface area contributed by atoms with Gasteiger partial charge in [-0.2, -0.15) is 0 Å². The third kappa shape index (κ3) is 2.94. The second-order valence-corrected chi connectivity index (χ2v) is 4.85. The zero-order valence-electron chi connectivity index (χ0n) is 11.7. The number of benzene rings is 1. The minimum absolute atomic E-state index is 0.0172. The van der Waals surface area contributed by atoms with Gasteiger partial charge in [-0.25, -0.2) is 0 Å². The van der Waals surface area contributed by atoms with E-state index >= 15 is 0 Å². The summed E-state index contributed by atoms with van der Waals surface area (Å²) in [4.78, 5) is 0. The Hall–Kier alpha value is -1.26. The van der Waals surface area contributed by atoms with Gasteiger partial charge in [-0.05, 0) is 17.7 Å². The monoisotopic (exact) mass is 254 g/mol. The fourth-order valence-electron chi connectivity index (χ4n) is 1.96. The third-order valence-corrected chi connectivity index (χ3v) is 2.95. The van der Waals surface area contributed by atoms with E-state index in [1.54, 1.807) is 21.3 Å². The molecule has 4 nitrogen and oxygen atoms in total. The zero-order valence-corrected chi connectivity index (χ0v) is 11.7. The van der Waals surface area contributed by atoms with Gasteiger partial charge in [0, 0.05) is 18.1 Å². The molecule has 18 heavy (non-hydrogen) atoms. The summed E-state index contributed by atoms with van der Waals surface area (Å²) in [5, 5.41) is 9.52. The maximum absolute atomic E-state index is 9.52. The molecule has 0 aromatic heterocycles. The van der Waals surface area contributed by atoms with Crippen LogP contribution in [-0.2, 0) is 16.8 Å². The molecular formula is C14H22O4. The van der Waals surface area contributed by atoms with Crippen molar-refractivity contribution >= 4 is 0 Å². The number of ether oxygens (including phenoxy) is 3. The first-order valence-corrected chi connectivity index (χ1v) is 5.85.